The monoisotopic (exact) mass is 426 g/mol. The van der Waals surface area contributed by atoms with Gasteiger partial charge in [-0.05, 0) is 23.8 Å². The highest BCUT2D eigenvalue weighted by Crippen LogP contribution is 2.47. The number of nitrogens with one attached hydrogen (secondary N) is 1. The summed E-state index contributed by atoms with van der Waals surface area (Å²) in [6.45, 7) is -0.261. The number of ether oxygens (including phenoxy) is 2. The van der Waals surface area contributed by atoms with Crippen molar-refractivity contribution < 1.29 is 23.5 Å². The van der Waals surface area contributed by atoms with Crippen LogP contribution in [0.15, 0.2) is 47.8 Å². The van der Waals surface area contributed by atoms with Crippen LogP contribution in [0.25, 0.3) is 11.1 Å². The van der Waals surface area contributed by atoms with E-state index in [2.05, 4.69) is 5.32 Å². The lowest BCUT2D eigenvalue weighted by molar-refractivity contribution is -0.120. The first-order chi connectivity index (χ1) is 14.5. The number of carbonyl (C=O) groups is 2. The second-order valence-corrected chi connectivity index (χ2v) is 7.75. The summed E-state index contributed by atoms with van der Waals surface area (Å²) in [4.78, 5) is 24.4. The highest BCUT2D eigenvalue weighted by Gasteiger charge is 2.31. The Morgan fingerprint density at radius 1 is 1.23 bits per heavy atom. The van der Waals surface area contributed by atoms with E-state index in [-0.39, 0.29) is 30.7 Å². The highest BCUT2D eigenvalue weighted by atomic mass is 32.1. The smallest absolute Gasteiger partial charge is 0.255 e. The normalized spacial score (nSPS) is 15.3. The number of halogens is 1. The molecule has 4 rings (SSSR count). The van der Waals surface area contributed by atoms with Gasteiger partial charge in [0.05, 0.1) is 12.8 Å². The molecule has 1 aliphatic rings. The van der Waals surface area contributed by atoms with E-state index < -0.39 is 5.91 Å². The Morgan fingerprint density at radius 3 is 2.77 bits per heavy atom. The van der Waals surface area contributed by atoms with Gasteiger partial charge in [-0.3, -0.25) is 9.59 Å². The molecule has 0 unspecified atom stereocenters. The maximum absolute atomic E-state index is 14.3. The molecule has 1 aromatic heterocycles. The molecular weight excluding hydrogens is 407 g/mol. The van der Waals surface area contributed by atoms with Crippen molar-refractivity contribution in [2.24, 2.45) is 5.73 Å². The minimum Gasteiger partial charge on any atom is -0.493 e. The predicted octanol–water partition coefficient (Wildman–Crippen LogP) is 3.90. The second kappa shape index (κ2) is 8.16. The third-order valence-electron chi connectivity index (χ3n) is 4.91. The lowest BCUT2D eigenvalue weighted by Gasteiger charge is -2.24. The molecule has 0 saturated carbocycles. The summed E-state index contributed by atoms with van der Waals surface area (Å²) in [5, 5.41) is 4.77. The molecule has 30 heavy (non-hydrogen) atoms. The molecule has 2 aromatic carbocycles. The van der Waals surface area contributed by atoms with Crippen LogP contribution in [0, 0.1) is 5.82 Å². The van der Waals surface area contributed by atoms with Crippen molar-refractivity contribution in [3.8, 4) is 22.6 Å². The number of rotatable bonds is 6. The second-order valence-electron chi connectivity index (χ2n) is 6.84. The first-order valence-electron chi connectivity index (χ1n) is 9.23. The van der Waals surface area contributed by atoms with Crippen LogP contribution >= 0.6 is 11.3 Å². The summed E-state index contributed by atoms with van der Waals surface area (Å²) in [7, 11) is 1.50. The minimum absolute atomic E-state index is 0.142. The van der Waals surface area contributed by atoms with Crippen LogP contribution in [0.3, 0.4) is 0 Å². The van der Waals surface area contributed by atoms with Crippen molar-refractivity contribution >= 4 is 28.8 Å². The van der Waals surface area contributed by atoms with Crippen molar-refractivity contribution in [2.45, 2.75) is 12.3 Å². The quantitative estimate of drug-likeness (QED) is 0.626. The topological polar surface area (TPSA) is 90.7 Å². The van der Waals surface area contributed by atoms with E-state index in [1.807, 2.05) is 11.4 Å². The summed E-state index contributed by atoms with van der Waals surface area (Å²) in [5.74, 6) is -0.457. The average Bonchev–Trinajstić information content (AvgIpc) is 3.15. The van der Waals surface area contributed by atoms with Gasteiger partial charge in [-0.2, -0.15) is 0 Å². The zero-order valence-electron chi connectivity index (χ0n) is 16.1. The molecule has 3 N–H and O–H groups in total. The Bertz CT molecular complexity index is 1130. The van der Waals surface area contributed by atoms with Gasteiger partial charge in [-0.15, -0.1) is 11.3 Å². The van der Waals surface area contributed by atoms with E-state index in [9.17, 15) is 14.0 Å². The SMILES string of the molecule is COc1cc([C@@H]2CC(=O)Nc3c(-c4ccccc4F)csc32)ccc1OCC(N)=O. The number of benzene rings is 2. The van der Waals surface area contributed by atoms with Crippen LogP contribution in [0.4, 0.5) is 10.1 Å². The zero-order valence-corrected chi connectivity index (χ0v) is 16.9. The minimum atomic E-state index is -0.589. The van der Waals surface area contributed by atoms with Gasteiger partial charge >= 0.3 is 0 Å². The average molecular weight is 426 g/mol. The Kier molecular flexibility index (Phi) is 5.41. The van der Waals surface area contributed by atoms with Gasteiger partial charge in [-0.1, -0.05) is 24.3 Å². The molecule has 1 aliphatic heterocycles. The third-order valence-corrected chi connectivity index (χ3v) is 6.01. The molecule has 1 atom stereocenters. The summed E-state index contributed by atoms with van der Waals surface area (Å²) in [6.07, 6.45) is 0.259. The molecule has 8 heteroatoms. The van der Waals surface area contributed by atoms with Crippen LogP contribution in [0.5, 0.6) is 11.5 Å². The lowest BCUT2D eigenvalue weighted by atomic mass is 9.89. The maximum atomic E-state index is 14.3. The number of anilines is 1. The Hall–Kier alpha value is -3.39. The number of fused-ring (bicyclic) bond motifs is 1. The molecule has 6 nitrogen and oxygen atoms in total. The number of hydrogen-bond acceptors (Lipinski definition) is 5. The fraction of sp³-hybridized carbons (Fsp3) is 0.182. The van der Waals surface area contributed by atoms with E-state index >= 15 is 0 Å². The van der Waals surface area contributed by atoms with Crippen molar-refractivity contribution in [3.63, 3.8) is 0 Å². The summed E-state index contributed by atoms with van der Waals surface area (Å²) < 4.78 is 25.1. The number of hydrogen-bond donors (Lipinski definition) is 2. The Labute approximate surface area is 176 Å². The number of nitrogens with two attached hydrogens (primary N) is 1. The maximum Gasteiger partial charge on any atom is 0.255 e. The molecular formula is C22H19FN2O4S. The summed E-state index contributed by atoms with van der Waals surface area (Å²) >= 11 is 1.48. The van der Waals surface area contributed by atoms with Gasteiger partial charge in [0, 0.05) is 33.7 Å². The van der Waals surface area contributed by atoms with Crippen LogP contribution < -0.4 is 20.5 Å². The van der Waals surface area contributed by atoms with Crippen molar-refractivity contribution in [2.75, 3.05) is 19.0 Å². The third kappa shape index (κ3) is 3.73. The van der Waals surface area contributed by atoms with Gasteiger partial charge in [0.25, 0.3) is 5.91 Å². The molecule has 3 aromatic rings. The first-order valence-corrected chi connectivity index (χ1v) is 10.1. The number of methoxy groups -OCH3 is 1. The molecule has 0 bridgehead atoms. The van der Waals surface area contributed by atoms with Gasteiger partial charge in [0.1, 0.15) is 5.82 Å². The molecule has 0 aliphatic carbocycles. The largest absolute Gasteiger partial charge is 0.493 e. The van der Waals surface area contributed by atoms with Crippen molar-refractivity contribution in [1.29, 1.82) is 0 Å². The number of primary amides is 1. The number of carbonyl (C=O) groups excluding carboxylic acids is 2. The highest BCUT2D eigenvalue weighted by molar-refractivity contribution is 7.11. The van der Waals surface area contributed by atoms with E-state index in [0.717, 1.165) is 10.4 Å². The molecule has 2 amide bonds. The molecule has 0 fully saturated rings. The lowest BCUT2D eigenvalue weighted by Crippen LogP contribution is -2.22. The van der Waals surface area contributed by atoms with Gasteiger partial charge in [0.2, 0.25) is 5.91 Å². The van der Waals surface area contributed by atoms with Crippen molar-refractivity contribution in [1.82, 2.24) is 0 Å². The predicted molar refractivity (Wildman–Crippen MR) is 112 cm³/mol. The summed E-state index contributed by atoms with van der Waals surface area (Å²) in [5.41, 5.74) is 7.74. The molecule has 0 saturated heterocycles. The fourth-order valence-electron chi connectivity index (χ4n) is 3.54. The van der Waals surface area contributed by atoms with Crippen LogP contribution in [0.2, 0.25) is 0 Å². The Balaban J connectivity index is 1.73. The van der Waals surface area contributed by atoms with Gasteiger partial charge in [0.15, 0.2) is 18.1 Å². The van der Waals surface area contributed by atoms with E-state index in [1.165, 1.54) is 24.5 Å². The van der Waals surface area contributed by atoms with Gasteiger partial charge in [-0.25, -0.2) is 4.39 Å². The van der Waals surface area contributed by atoms with Crippen LogP contribution in [-0.4, -0.2) is 25.5 Å². The number of amides is 2. The van der Waals surface area contributed by atoms with Crippen molar-refractivity contribution in [3.05, 3.63) is 64.1 Å². The van der Waals surface area contributed by atoms with E-state index in [0.29, 0.717) is 28.3 Å². The number of thiophene rings is 1. The standard InChI is InChI=1S/C22H19FN2O4S/c1-28-18-8-12(6-7-17(18)29-10-19(24)26)14-9-20(27)25-21-15(11-30-22(14)21)13-4-2-3-5-16(13)23/h2-8,11,14H,9-10H2,1H3,(H2,24,26)(H,25,27)/t14-/m0/s1. The zero-order chi connectivity index (χ0) is 21.3. The molecule has 0 spiro atoms. The first kappa shape index (κ1) is 19.9. The molecule has 2 heterocycles. The molecule has 154 valence electrons. The van der Waals surface area contributed by atoms with Crippen LogP contribution in [0.1, 0.15) is 22.8 Å². The van der Waals surface area contributed by atoms with Crippen LogP contribution in [-0.2, 0) is 9.59 Å². The molecule has 0 radical (unpaired) electrons. The van der Waals surface area contributed by atoms with E-state index in [1.54, 1.807) is 30.3 Å². The van der Waals surface area contributed by atoms with E-state index in [4.69, 9.17) is 15.2 Å². The van der Waals surface area contributed by atoms with Gasteiger partial charge < -0.3 is 20.5 Å². The summed E-state index contributed by atoms with van der Waals surface area (Å²) in [6, 6.07) is 11.8. The fourth-order valence-corrected chi connectivity index (χ4v) is 4.70. The Morgan fingerprint density at radius 2 is 2.03 bits per heavy atom.